The van der Waals surface area contributed by atoms with Crippen molar-refractivity contribution in [3.05, 3.63) is 58.3 Å². The minimum atomic E-state index is -1.46. The van der Waals surface area contributed by atoms with E-state index in [1.165, 1.54) is 20.9 Å². The molecular formula is C24H26S2Si2. The Hall–Kier alpha value is -1.83. The van der Waals surface area contributed by atoms with Gasteiger partial charge >= 0.3 is 0 Å². The van der Waals surface area contributed by atoms with Crippen LogP contribution in [0.4, 0.5) is 0 Å². The summed E-state index contributed by atoms with van der Waals surface area (Å²) in [6, 6.07) is 13.1. The van der Waals surface area contributed by atoms with Crippen molar-refractivity contribution >= 4 is 38.8 Å². The van der Waals surface area contributed by atoms with Gasteiger partial charge in [0.1, 0.15) is 16.1 Å². The normalized spacial score (nSPS) is 11.4. The first-order chi connectivity index (χ1) is 13.1. The van der Waals surface area contributed by atoms with E-state index < -0.39 is 16.1 Å². The maximum atomic E-state index is 3.56. The third kappa shape index (κ3) is 5.59. The Kier molecular flexibility index (Phi) is 6.17. The number of hydrogen-bond acceptors (Lipinski definition) is 2. The topological polar surface area (TPSA) is 0 Å². The molecule has 0 unspecified atom stereocenters. The van der Waals surface area contributed by atoms with Crippen molar-refractivity contribution in [3.63, 3.8) is 0 Å². The van der Waals surface area contributed by atoms with Crippen LogP contribution in [-0.2, 0) is 0 Å². The van der Waals surface area contributed by atoms with Crippen LogP contribution in [0.1, 0.15) is 11.1 Å². The standard InChI is InChI=1S/C24H26S2Si2/c1-27(2,3)15-11-19-17-22(24-10-8-14-26-24)20(12-16-28(4,5)6)18-21(19)23-9-7-13-25-23/h7-10,13-14,17-18H,1-6H3. The van der Waals surface area contributed by atoms with Gasteiger partial charge in [-0.3, -0.25) is 0 Å². The number of rotatable bonds is 2. The van der Waals surface area contributed by atoms with E-state index in [-0.39, 0.29) is 0 Å². The van der Waals surface area contributed by atoms with Gasteiger partial charge in [0, 0.05) is 32.0 Å². The van der Waals surface area contributed by atoms with Crippen molar-refractivity contribution in [2.24, 2.45) is 0 Å². The second-order valence-corrected chi connectivity index (χ2v) is 20.3. The molecule has 1 aromatic carbocycles. The molecule has 0 amide bonds. The summed E-state index contributed by atoms with van der Waals surface area (Å²) in [6.45, 7) is 13.7. The molecule has 142 valence electrons. The summed E-state index contributed by atoms with van der Waals surface area (Å²) in [5.41, 5.74) is 11.8. The van der Waals surface area contributed by atoms with E-state index in [0.29, 0.717) is 0 Å². The van der Waals surface area contributed by atoms with Crippen LogP contribution in [0.5, 0.6) is 0 Å². The minimum Gasteiger partial charge on any atom is -0.144 e. The molecule has 3 rings (SSSR count). The second kappa shape index (κ2) is 8.27. The average molecular weight is 435 g/mol. The Labute approximate surface area is 179 Å². The van der Waals surface area contributed by atoms with Crippen LogP contribution < -0.4 is 0 Å². The fraction of sp³-hybridized carbons (Fsp3) is 0.250. The number of hydrogen-bond donors (Lipinski definition) is 0. The predicted octanol–water partition coefficient (Wildman–Crippen LogP) is 7.60. The SMILES string of the molecule is C[Si](C)(C)C#Cc1cc(-c2cccs2)c(C#C[Si](C)(C)C)cc1-c1cccs1. The molecule has 0 nitrogen and oxygen atoms in total. The van der Waals surface area contributed by atoms with Crippen molar-refractivity contribution in [1.82, 2.24) is 0 Å². The Morgan fingerprint density at radius 1 is 0.643 bits per heavy atom. The molecule has 0 atom stereocenters. The highest BCUT2D eigenvalue weighted by atomic mass is 32.1. The molecule has 0 fully saturated rings. The van der Waals surface area contributed by atoms with Gasteiger partial charge in [-0.1, -0.05) is 63.3 Å². The van der Waals surface area contributed by atoms with Crippen LogP contribution in [0.15, 0.2) is 47.2 Å². The van der Waals surface area contributed by atoms with E-state index >= 15 is 0 Å². The van der Waals surface area contributed by atoms with Gasteiger partial charge in [-0.2, -0.15) is 0 Å². The van der Waals surface area contributed by atoms with E-state index in [1.807, 2.05) is 0 Å². The third-order valence-electron chi connectivity index (χ3n) is 3.88. The Balaban J connectivity index is 2.28. The predicted molar refractivity (Wildman–Crippen MR) is 134 cm³/mol. The van der Waals surface area contributed by atoms with Crippen molar-refractivity contribution in [2.45, 2.75) is 39.3 Å². The summed E-state index contributed by atoms with van der Waals surface area (Å²) in [5, 5.41) is 4.26. The van der Waals surface area contributed by atoms with Gasteiger partial charge in [-0.05, 0) is 35.0 Å². The number of benzene rings is 1. The monoisotopic (exact) mass is 434 g/mol. The average Bonchev–Trinajstić information content (AvgIpc) is 3.29. The van der Waals surface area contributed by atoms with Gasteiger partial charge in [-0.25, -0.2) is 0 Å². The largest absolute Gasteiger partial charge is 0.144 e. The molecular weight excluding hydrogens is 409 g/mol. The third-order valence-corrected chi connectivity index (χ3v) is 7.43. The van der Waals surface area contributed by atoms with Crippen molar-refractivity contribution in [2.75, 3.05) is 0 Å². The van der Waals surface area contributed by atoms with Gasteiger partial charge in [-0.15, -0.1) is 33.8 Å². The highest BCUT2D eigenvalue weighted by molar-refractivity contribution is 7.14. The van der Waals surface area contributed by atoms with Gasteiger partial charge in [0.25, 0.3) is 0 Å². The summed E-state index contributed by atoms with van der Waals surface area (Å²) < 4.78 is 0. The summed E-state index contributed by atoms with van der Waals surface area (Å²) in [5.74, 6) is 7.05. The molecule has 0 N–H and O–H groups in total. The Morgan fingerprint density at radius 3 is 1.32 bits per heavy atom. The summed E-state index contributed by atoms with van der Waals surface area (Å²) in [7, 11) is -2.93. The lowest BCUT2D eigenvalue weighted by Gasteiger charge is -2.11. The first-order valence-corrected chi connectivity index (χ1v) is 18.2. The van der Waals surface area contributed by atoms with Crippen LogP contribution in [0.25, 0.3) is 20.9 Å². The fourth-order valence-corrected chi connectivity index (χ4v) is 5.12. The minimum absolute atomic E-state index is 1.12. The maximum Gasteiger partial charge on any atom is 0.129 e. The van der Waals surface area contributed by atoms with Crippen molar-refractivity contribution in [1.29, 1.82) is 0 Å². The van der Waals surface area contributed by atoms with Gasteiger partial charge < -0.3 is 0 Å². The van der Waals surface area contributed by atoms with Crippen LogP contribution in [0.3, 0.4) is 0 Å². The summed E-state index contributed by atoms with van der Waals surface area (Å²) in [6.07, 6.45) is 0. The molecule has 3 aromatic rings. The molecule has 0 spiro atoms. The summed E-state index contributed by atoms with van der Waals surface area (Å²) >= 11 is 3.53. The molecule has 0 radical (unpaired) electrons. The lowest BCUT2D eigenvalue weighted by Crippen LogP contribution is -2.16. The number of thiophene rings is 2. The fourth-order valence-electron chi connectivity index (χ4n) is 2.59. The molecule has 2 aromatic heterocycles. The molecule has 0 aliphatic carbocycles. The lowest BCUT2D eigenvalue weighted by molar-refractivity contribution is 1.59. The lowest BCUT2D eigenvalue weighted by atomic mass is 9.97. The molecule has 0 saturated carbocycles. The first kappa shape index (κ1) is 20.9. The van der Waals surface area contributed by atoms with Crippen LogP contribution >= 0.6 is 22.7 Å². The van der Waals surface area contributed by atoms with Gasteiger partial charge in [0.2, 0.25) is 0 Å². The zero-order valence-corrected chi connectivity index (χ0v) is 21.1. The molecule has 4 heteroatoms. The van der Waals surface area contributed by atoms with E-state index in [9.17, 15) is 0 Å². The highest BCUT2D eigenvalue weighted by Gasteiger charge is 2.15. The van der Waals surface area contributed by atoms with Crippen LogP contribution in [-0.4, -0.2) is 16.1 Å². The highest BCUT2D eigenvalue weighted by Crippen LogP contribution is 2.35. The zero-order valence-electron chi connectivity index (χ0n) is 17.4. The smallest absolute Gasteiger partial charge is 0.129 e. The van der Waals surface area contributed by atoms with Crippen molar-refractivity contribution in [3.8, 4) is 43.8 Å². The van der Waals surface area contributed by atoms with Crippen LogP contribution in [0, 0.1) is 22.9 Å². The van der Waals surface area contributed by atoms with E-state index in [1.54, 1.807) is 22.7 Å². The molecule has 0 saturated heterocycles. The molecule has 2 heterocycles. The van der Waals surface area contributed by atoms with Gasteiger partial charge in [0.15, 0.2) is 0 Å². The van der Waals surface area contributed by atoms with Crippen molar-refractivity contribution < 1.29 is 0 Å². The first-order valence-electron chi connectivity index (χ1n) is 9.45. The molecule has 28 heavy (non-hydrogen) atoms. The van der Waals surface area contributed by atoms with E-state index in [0.717, 1.165) is 11.1 Å². The summed E-state index contributed by atoms with van der Waals surface area (Å²) in [4.78, 5) is 2.52. The zero-order chi connectivity index (χ0) is 20.4. The molecule has 0 aliphatic rings. The maximum absolute atomic E-state index is 3.56. The second-order valence-electron chi connectivity index (χ2n) is 8.90. The van der Waals surface area contributed by atoms with E-state index in [4.69, 9.17) is 0 Å². The van der Waals surface area contributed by atoms with Crippen LogP contribution in [0.2, 0.25) is 39.3 Å². The molecule has 0 bridgehead atoms. The molecule has 0 aliphatic heterocycles. The quantitative estimate of drug-likeness (QED) is 0.288. The Morgan fingerprint density at radius 2 is 1.04 bits per heavy atom. The Bertz CT molecular complexity index is 980. The van der Waals surface area contributed by atoms with E-state index in [2.05, 4.69) is 109 Å². The van der Waals surface area contributed by atoms with Gasteiger partial charge in [0.05, 0.1) is 0 Å².